The molecule has 0 atom stereocenters. The zero-order chi connectivity index (χ0) is 15.0. The van der Waals surface area contributed by atoms with Gasteiger partial charge in [-0.15, -0.1) is 0 Å². The molecular weight excluding hydrogens is 274 g/mol. The van der Waals surface area contributed by atoms with Crippen LogP contribution in [-0.2, 0) is 4.79 Å². The summed E-state index contributed by atoms with van der Waals surface area (Å²) in [6.07, 6.45) is 4.31. The lowest BCUT2D eigenvalue weighted by atomic mass is 10.1. The number of aromatic nitrogens is 1. The first-order valence-electron chi connectivity index (χ1n) is 6.52. The van der Waals surface area contributed by atoms with Crippen LogP contribution in [0.4, 0.5) is 11.4 Å². The fourth-order valence-corrected chi connectivity index (χ4v) is 2.37. The first-order valence-corrected chi connectivity index (χ1v) is 6.52. The van der Waals surface area contributed by atoms with Crippen LogP contribution in [0.25, 0.3) is 10.8 Å². The van der Waals surface area contributed by atoms with Crippen molar-refractivity contribution in [2.75, 3.05) is 11.9 Å². The number of nitro groups is 1. The summed E-state index contributed by atoms with van der Waals surface area (Å²) in [7, 11) is 0. The Morgan fingerprint density at radius 3 is 2.76 bits per heavy atom. The molecule has 108 valence electrons. The van der Waals surface area contributed by atoms with E-state index >= 15 is 0 Å². The first kappa shape index (κ1) is 13.3. The quantitative estimate of drug-likeness (QED) is 0.646. The fourth-order valence-electron chi connectivity index (χ4n) is 2.37. The van der Waals surface area contributed by atoms with Gasteiger partial charge in [-0.2, -0.15) is 0 Å². The summed E-state index contributed by atoms with van der Waals surface area (Å²) in [5.41, 5.74) is -0.0187. The van der Waals surface area contributed by atoms with Gasteiger partial charge in [-0.3, -0.25) is 19.9 Å². The number of nitrogens with zero attached hydrogens (tertiary/aromatic N) is 2. The van der Waals surface area contributed by atoms with Crippen LogP contribution in [0.3, 0.4) is 0 Å². The minimum atomic E-state index is -0.803. The normalized spacial score (nSPS) is 15.6. The maximum Gasteiger partial charge on any atom is 0.311 e. The van der Waals surface area contributed by atoms with Gasteiger partial charge in [-0.1, -0.05) is 0 Å². The summed E-state index contributed by atoms with van der Waals surface area (Å²) in [6, 6.07) is 4.70. The predicted octanol–water partition coefficient (Wildman–Crippen LogP) is 2.42. The maximum atomic E-state index is 11.2. The van der Waals surface area contributed by atoms with Crippen molar-refractivity contribution >= 4 is 28.1 Å². The van der Waals surface area contributed by atoms with Gasteiger partial charge in [0, 0.05) is 36.1 Å². The number of hydrogen-bond acceptors (Lipinski definition) is 5. The summed E-state index contributed by atoms with van der Waals surface area (Å²) >= 11 is 0. The molecule has 2 aromatic rings. The number of rotatable bonds is 5. The van der Waals surface area contributed by atoms with E-state index in [-0.39, 0.29) is 5.69 Å². The molecule has 7 heteroatoms. The molecule has 7 nitrogen and oxygen atoms in total. The highest BCUT2D eigenvalue weighted by Crippen LogP contribution is 2.46. The number of carboxylic acids is 1. The summed E-state index contributed by atoms with van der Waals surface area (Å²) in [6.45, 7) is 0.317. The molecule has 0 radical (unpaired) electrons. The van der Waals surface area contributed by atoms with E-state index in [4.69, 9.17) is 0 Å². The Kier molecular flexibility index (Phi) is 2.97. The highest BCUT2D eigenvalue weighted by Gasteiger charge is 2.50. The zero-order valence-electron chi connectivity index (χ0n) is 11.1. The van der Waals surface area contributed by atoms with Crippen molar-refractivity contribution < 1.29 is 14.8 Å². The van der Waals surface area contributed by atoms with Gasteiger partial charge >= 0.3 is 5.97 Å². The minimum absolute atomic E-state index is 0.0111. The number of non-ortho nitro benzene ring substituents is 1. The molecule has 1 fully saturated rings. The highest BCUT2D eigenvalue weighted by molar-refractivity contribution is 5.99. The van der Waals surface area contributed by atoms with Crippen molar-refractivity contribution in [3.05, 3.63) is 40.7 Å². The second kappa shape index (κ2) is 4.69. The number of carboxylic acid groups (broad SMARTS) is 1. The Labute approximate surface area is 119 Å². The van der Waals surface area contributed by atoms with Crippen LogP contribution >= 0.6 is 0 Å². The molecule has 1 aliphatic rings. The van der Waals surface area contributed by atoms with Crippen LogP contribution in [-0.4, -0.2) is 27.5 Å². The maximum absolute atomic E-state index is 11.2. The number of hydrogen-bond donors (Lipinski definition) is 2. The van der Waals surface area contributed by atoms with Gasteiger partial charge in [-0.05, 0) is 25.0 Å². The lowest BCUT2D eigenvalue weighted by Crippen LogP contribution is -2.24. The van der Waals surface area contributed by atoms with Gasteiger partial charge in [0.1, 0.15) is 0 Å². The summed E-state index contributed by atoms with van der Waals surface area (Å²) in [4.78, 5) is 25.7. The monoisotopic (exact) mass is 287 g/mol. The molecule has 1 heterocycles. The molecule has 3 rings (SSSR count). The second-order valence-electron chi connectivity index (χ2n) is 5.25. The van der Waals surface area contributed by atoms with Crippen molar-refractivity contribution in [1.29, 1.82) is 0 Å². The molecule has 1 saturated carbocycles. The van der Waals surface area contributed by atoms with E-state index in [9.17, 15) is 20.0 Å². The average Bonchev–Trinajstić information content (AvgIpc) is 3.25. The summed E-state index contributed by atoms with van der Waals surface area (Å²) < 4.78 is 0. The number of nitrogens with one attached hydrogen (secondary N) is 1. The van der Waals surface area contributed by atoms with Crippen LogP contribution in [0.5, 0.6) is 0 Å². The van der Waals surface area contributed by atoms with Gasteiger partial charge in [0.05, 0.1) is 15.7 Å². The molecule has 1 aromatic carbocycles. The molecule has 0 bridgehead atoms. The molecule has 2 N–H and O–H groups in total. The molecule has 21 heavy (non-hydrogen) atoms. The Balaban J connectivity index is 1.95. The van der Waals surface area contributed by atoms with Crippen LogP contribution < -0.4 is 5.32 Å². The minimum Gasteiger partial charge on any atom is -0.481 e. The number of nitro benzene ring substituents is 1. The van der Waals surface area contributed by atoms with Gasteiger partial charge in [-0.25, -0.2) is 0 Å². The highest BCUT2D eigenvalue weighted by atomic mass is 16.6. The number of pyridine rings is 1. The van der Waals surface area contributed by atoms with E-state index < -0.39 is 16.3 Å². The first-order chi connectivity index (χ1) is 10.0. The standard InChI is InChI=1S/C14H13N3O4/c18-13(19)14(4-5-14)8-16-11-1-2-12(17(20)21)10-7-15-6-3-9(10)11/h1-3,6-7,16H,4-5,8H2,(H,18,19). The molecule has 0 aliphatic heterocycles. The third-order valence-corrected chi connectivity index (χ3v) is 3.92. The number of fused-ring (bicyclic) bond motifs is 1. The number of anilines is 1. The number of benzene rings is 1. The smallest absolute Gasteiger partial charge is 0.311 e. The molecule has 0 unspecified atom stereocenters. The van der Waals surface area contributed by atoms with Crippen molar-refractivity contribution in [3.8, 4) is 0 Å². The SMILES string of the molecule is O=C(O)C1(CNc2ccc([N+](=O)[O-])c3cnccc23)CC1. The number of aliphatic carboxylic acids is 1. The summed E-state index contributed by atoms with van der Waals surface area (Å²) in [5.74, 6) is -0.803. The van der Waals surface area contributed by atoms with Gasteiger partial charge in [0.25, 0.3) is 5.69 Å². The Hall–Kier alpha value is -2.70. The van der Waals surface area contributed by atoms with E-state index in [1.165, 1.54) is 12.3 Å². The fraction of sp³-hybridized carbons (Fsp3) is 0.286. The Bertz CT molecular complexity index is 740. The largest absolute Gasteiger partial charge is 0.481 e. The molecular formula is C14H13N3O4. The molecule has 0 amide bonds. The number of carbonyl (C=O) groups is 1. The van der Waals surface area contributed by atoms with Crippen molar-refractivity contribution in [1.82, 2.24) is 4.98 Å². The van der Waals surface area contributed by atoms with E-state index in [1.54, 1.807) is 18.3 Å². The van der Waals surface area contributed by atoms with Crippen molar-refractivity contribution in [2.45, 2.75) is 12.8 Å². The van der Waals surface area contributed by atoms with Crippen LogP contribution in [0.1, 0.15) is 12.8 Å². The second-order valence-corrected chi connectivity index (χ2v) is 5.25. The third kappa shape index (κ3) is 2.26. The average molecular weight is 287 g/mol. The van der Waals surface area contributed by atoms with Crippen LogP contribution in [0.15, 0.2) is 30.6 Å². The van der Waals surface area contributed by atoms with Crippen molar-refractivity contribution in [2.24, 2.45) is 5.41 Å². The lowest BCUT2D eigenvalue weighted by molar-refractivity contribution is -0.383. The van der Waals surface area contributed by atoms with Crippen molar-refractivity contribution in [3.63, 3.8) is 0 Å². The predicted molar refractivity (Wildman–Crippen MR) is 76.2 cm³/mol. The van der Waals surface area contributed by atoms with E-state index in [0.29, 0.717) is 35.8 Å². The van der Waals surface area contributed by atoms with Gasteiger partial charge in [0.15, 0.2) is 0 Å². The van der Waals surface area contributed by atoms with Crippen LogP contribution in [0.2, 0.25) is 0 Å². The van der Waals surface area contributed by atoms with E-state index in [2.05, 4.69) is 10.3 Å². The zero-order valence-corrected chi connectivity index (χ0v) is 11.1. The van der Waals surface area contributed by atoms with E-state index in [1.807, 2.05) is 0 Å². The molecule has 0 saturated heterocycles. The molecule has 1 aliphatic carbocycles. The molecule has 0 spiro atoms. The lowest BCUT2D eigenvalue weighted by Gasteiger charge is -2.14. The van der Waals surface area contributed by atoms with Gasteiger partial charge in [0.2, 0.25) is 0 Å². The molecule has 1 aromatic heterocycles. The Morgan fingerprint density at radius 2 is 2.14 bits per heavy atom. The van der Waals surface area contributed by atoms with Crippen LogP contribution in [0, 0.1) is 15.5 Å². The topological polar surface area (TPSA) is 105 Å². The Morgan fingerprint density at radius 1 is 1.38 bits per heavy atom. The van der Waals surface area contributed by atoms with Gasteiger partial charge < -0.3 is 10.4 Å². The summed E-state index contributed by atoms with van der Waals surface area (Å²) in [5, 5.41) is 24.4. The third-order valence-electron chi connectivity index (χ3n) is 3.92. The van der Waals surface area contributed by atoms with E-state index in [0.717, 1.165) is 0 Å².